The number of carbonyl (C=O) groups is 1. The molecule has 1 unspecified atom stereocenters. The van der Waals surface area contributed by atoms with Crippen LogP contribution in [0, 0.1) is 0 Å². The molecule has 0 radical (unpaired) electrons. The summed E-state index contributed by atoms with van der Waals surface area (Å²) < 4.78 is 5.47. The number of nitrogens with zero attached hydrogens (tertiary/aromatic N) is 4. The monoisotopic (exact) mass is 338 g/mol. The van der Waals surface area contributed by atoms with Crippen LogP contribution in [0.4, 0.5) is 0 Å². The fraction of sp³-hybridized carbons (Fsp3) is 0.421. The highest BCUT2D eigenvalue weighted by Crippen LogP contribution is 2.17. The Morgan fingerprint density at radius 3 is 2.60 bits per heavy atom. The Kier molecular flexibility index (Phi) is 4.72. The van der Waals surface area contributed by atoms with Crippen LogP contribution >= 0.6 is 0 Å². The third-order valence-corrected chi connectivity index (χ3v) is 4.93. The fourth-order valence-electron chi connectivity index (χ4n) is 3.47. The van der Waals surface area contributed by atoms with Crippen LogP contribution in [0.5, 0.6) is 0 Å². The molecule has 2 aliphatic rings. The van der Waals surface area contributed by atoms with Gasteiger partial charge in [0.1, 0.15) is 5.69 Å². The molecular formula is C19H22N4O2. The molecule has 0 spiro atoms. The maximum absolute atomic E-state index is 12.8. The van der Waals surface area contributed by atoms with Gasteiger partial charge < -0.3 is 9.64 Å². The number of benzene rings is 1. The summed E-state index contributed by atoms with van der Waals surface area (Å²) in [6.45, 7) is 4.94. The van der Waals surface area contributed by atoms with Gasteiger partial charge in [0.25, 0.3) is 5.91 Å². The highest BCUT2D eigenvalue weighted by molar-refractivity contribution is 5.92. The predicted molar refractivity (Wildman–Crippen MR) is 94.2 cm³/mol. The molecule has 1 aromatic heterocycles. The van der Waals surface area contributed by atoms with E-state index in [2.05, 4.69) is 14.9 Å². The Labute approximate surface area is 147 Å². The van der Waals surface area contributed by atoms with Crippen molar-refractivity contribution >= 4 is 5.91 Å². The van der Waals surface area contributed by atoms with E-state index in [0.717, 1.165) is 51.4 Å². The number of aromatic nitrogens is 2. The summed E-state index contributed by atoms with van der Waals surface area (Å²) in [6.07, 6.45) is 2.76. The number of carbonyl (C=O) groups excluding carboxylic acids is 1. The SMILES string of the molecule is O=C(c1ccnc(-c2ccccc2)n1)N1CCN(C2CCOC2)CC1. The fourth-order valence-corrected chi connectivity index (χ4v) is 3.47. The maximum Gasteiger partial charge on any atom is 0.272 e. The minimum Gasteiger partial charge on any atom is -0.380 e. The molecule has 130 valence electrons. The van der Waals surface area contributed by atoms with Crippen molar-refractivity contribution in [1.29, 1.82) is 0 Å². The molecular weight excluding hydrogens is 316 g/mol. The van der Waals surface area contributed by atoms with Gasteiger partial charge in [-0.15, -0.1) is 0 Å². The molecule has 2 aromatic rings. The Hall–Kier alpha value is -2.31. The first-order valence-corrected chi connectivity index (χ1v) is 8.81. The first-order chi connectivity index (χ1) is 12.3. The number of rotatable bonds is 3. The molecule has 2 aliphatic heterocycles. The number of ether oxygens (including phenoxy) is 1. The largest absolute Gasteiger partial charge is 0.380 e. The van der Waals surface area contributed by atoms with Crippen LogP contribution in [0.2, 0.25) is 0 Å². The van der Waals surface area contributed by atoms with E-state index in [1.165, 1.54) is 0 Å². The second kappa shape index (κ2) is 7.29. The normalized spacial score (nSPS) is 21.4. The zero-order chi connectivity index (χ0) is 17.1. The maximum atomic E-state index is 12.8. The van der Waals surface area contributed by atoms with E-state index >= 15 is 0 Å². The summed E-state index contributed by atoms with van der Waals surface area (Å²) in [5.41, 5.74) is 1.38. The quantitative estimate of drug-likeness (QED) is 0.852. The van der Waals surface area contributed by atoms with Gasteiger partial charge in [0.15, 0.2) is 5.82 Å². The van der Waals surface area contributed by atoms with E-state index in [4.69, 9.17) is 4.74 Å². The molecule has 1 amide bonds. The zero-order valence-corrected chi connectivity index (χ0v) is 14.2. The van der Waals surface area contributed by atoms with Crippen molar-refractivity contribution in [2.75, 3.05) is 39.4 Å². The van der Waals surface area contributed by atoms with Crippen molar-refractivity contribution in [1.82, 2.24) is 19.8 Å². The molecule has 0 saturated carbocycles. The number of piperazine rings is 1. The summed E-state index contributed by atoms with van der Waals surface area (Å²) in [7, 11) is 0. The highest BCUT2D eigenvalue weighted by Gasteiger charge is 2.29. The Bertz CT molecular complexity index is 723. The molecule has 1 aromatic carbocycles. The summed E-state index contributed by atoms with van der Waals surface area (Å²) >= 11 is 0. The van der Waals surface area contributed by atoms with E-state index in [-0.39, 0.29) is 5.91 Å². The lowest BCUT2D eigenvalue weighted by Gasteiger charge is -2.37. The summed E-state index contributed by atoms with van der Waals surface area (Å²) in [5.74, 6) is 0.579. The Morgan fingerprint density at radius 2 is 1.88 bits per heavy atom. The average molecular weight is 338 g/mol. The van der Waals surface area contributed by atoms with Crippen LogP contribution in [0.3, 0.4) is 0 Å². The van der Waals surface area contributed by atoms with Crippen molar-refractivity contribution in [2.24, 2.45) is 0 Å². The molecule has 0 aliphatic carbocycles. The van der Waals surface area contributed by atoms with Gasteiger partial charge in [0, 0.05) is 50.6 Å². The molecule has 3 heterocycles. The second-order valence-electron chi connectivity index (χ2n) is 6.48. The highest BCUT2D eigenvalue weighted by atomic mass is 16.5. The van der Waals surface area contributed by atoms with Crippen molar-refractivity contribution < 1.29 is 9.53 Å². The van der Waals surface area contributed by atoms with E-state index in [1.54, 1.807) is 12.3 Å². The van der Waals surface area contributed by atoms with E-state index < -0.39 is 0 Å². The standard InChI is InChI=1S/C19H22N4O2/c24-19(23-11-9-22(10-12-23)16-7-13-25-14-16)17-6-8-20-18(21-17)15-4-2-1-3-5-15/h1-6,8,16H,7,9-14H2. The molecule has 2 fully saturated rings. The van der Waals surface area contributed by atoms with Gasteiger partial charge in [-0.2, -0.15) is 0 Å². The summed E-state index contributed by atoms with van der Waals surface area (Å²) in [4.78, 5) is 25.9. The van der Waals surface area contributed by atoms with Crippen LogP contribution in [0.25, 0.3) is 11.4 Å². The first kappa shape index (κ1) is 16.2. The molecule has 1 atom stereocenters. The van der Waals surface area contributed by atoms with E-state index in [9.17, 15) is 4.79 Å². The van der Waals surface area contributed by atoms with Crippen LogP contribution in [0.1, 0.15) is 16.9 Å². The topological polar surface area (TPSA) is 58.6 Å². The van der Waals surface area contributed by atoms with Gasteiger partial charge in [-0.05, 0) is 12.5 Å². The molecule has 6 nitrogen and oxygen atoms in total. The van der Waals surface area contributed by atoms with Gasteiger partial charge in [0.05, 0.1) is 6.61 Å². The minimum absolute atomic E-state index is 0.0121. The van der Waals surface area contributed by atoms with Gasteiger partial charge in [-0.25, -0.2) is 9.97 Å². The minimum atomic E-state index is -0.0121. The lowest BCUT2D eigenvalue weighted by molar-refractivity contribution is 0.0544. The van der Waals surface area contributed by atoms with Crippen LogP contribution in [-0.4, -0.2) is 71.1 Å². The van der Waals surface area contributed by atoms with Crippen molar-refractivity contribution in [3.8, 4) is 11.4 Å². The lowest BCUT2D eigenvalue weighted by Crippen LogP contribution is -2.52. The van der Waals surface area contributed by atoms with Crippen molar-refractivity contribution in [3.63, 3.8) is 0 Å². The summed E-state index contributed by atoms with van der Waals surface area (Å²) in [6, 6.07) is 12.0. The number of hydrogen-bond donors (Lipinski definition) is 0. The lowest BCUT2D eigenvalue weighted by atomic mass is 10.2. The van der Waals surface area contributed by atoms with Gasteiger partial charge >= 0.3 is 0 Å². The van der Waals surface area contributed by atoms with Gasteiger partial charge in [0.2, 0.25) is 0 Å². The average Bonchev–Trinajstić information content (AvgIpc) is 3.23. The Balaban J connectivity index is 1.43. The van der Waals surface area contributed by atoms with Crippen LogP contribution in [0.15, 0.2) is 42.6 Å². The smallest absolute Gasteiger partial charge is 0.272 e. The molecule has 4 rings (SSSR count). The van der Waals surface area contributed by atoms with E-state index in [0.29, 0.717) is 17.6 Å². The number of hydrogen-bond acceptors (Lipinski definition) is 5. The summed E-state index contributed by atoms with van der Waals surface area (Å²) in [5, 5.41) is 0. The second-order valence-corrected chi connectivity index (χ2v) is 6.48. The predicted octanol–water partition coefficient (Wildman–Crippen LogP) is 1.69. The van der Waals surface area contributed by atoms with Crippen molar-refractivity contribution in [2.45, 2.75) is 12.5 Å². The Morgan fingerprint density at radius 1 is 1.08 bits per heavy atom. The number of amides is 1. The van der Waals surface area contributed by atoms with Crippen LogP contribution < -0.4 is 0 Å². The van der Waals surface area contributed by atoms with Crippen LogP contribution in [-0.2, 0) is 4.74 Å². The third-order valence-electron chi connectivity index (χ3n) is 4.93. The van der Waals surface area contributed by atoms with Crippen molar-refractivity contribution in [3.05, 3.63) is 48.3 Å². The third kappa shape index (κ3) is 3.55. The molecule has 2 saturated heterocycles. The molecule has 0 N–H and O–H groups in total. The molecule has 0 bridgehead atoms. The van der Waals surface area contributed by atoms with Gasteiger partial charge in [-0.1, -0.05) is 30.3 Å². The molecule has 6 heteroatoms. The molecule has 25 heavy (non-hydrogen) atoms. The first-order valence-electron chi connectivity index (χ1n) is 8.81. The zero-order valence-electron chi connectivity index (χ0n) is 14.2. The van der Waals surface area contributed by atoms with Gasteiger partial charge in [-0.3, -0.25) is 9.69 Å². The van der Waals surface area contributed by atoms with E-state index in [1.807, 2.05) is 35.2 Å².